The van der Waals surface area contributed by atoms with Crippen LogP contribution >= 0.6 is 15.9 Å². The molecule has 0 spiro atoms. The summed E-state index contributed by atoms with van der Waals surface area (Å²) >= 11 is 3.45. The smallest absolute Gasteiger partial charge is 0.325 e. The maximum atomic E-state index is 13.2. The first-order chi connectivity index (χ1) is 14.6. The Bertz CT molecular complexity index is 1150. The van der Waals surface area contributed by atoms with Crippen molar-refractivity contribution in [2.24, 2.45) is 0 Å². The SMILES string of the molecule is CC(C)(C)c1ccc([C@]2(C)NC(=O)N(Cc3nnc(-c4ccccc4Br)o3)C2=O)cc1. The van der Waals surface area contributed by atoms with E-state index in [2.05, 4.69) is 52.2 Å². The number of hydrogen-bond donors (Lipinski definition) is 1. The first kappa shape index (κ1) is 21.2. The lowest BCUT2D eigenvalue weighted by Crippen LogP contribution is -2.40. The van der Waals surface area contributed by atoms with Crippen LogP contribution in [0.3, 0.4) is 0 Å². The van der Waals surface area contributed by atoms with Crippen molar-refractivity contribution in [1.29, 1.82) is 0 Å². The van der Waals surface area contributed by atoms with Gasteiger partial charge in [-0.3, -0.25) is 9.69 Å². The minimum Gasteiger partial charge on any atom is -0.419 e. The first-order valence-corrected chi connectivity index (χ1v) is 10.7. The molecule has 2 heterocycles. The van der Waals surface area contributed by atoms with Crippen molar-refractivity contribution >= 4 is 27.9 Å². The highest BCUT2D eigenvalue weighted by Gasteiger charge is 2.49. The zero-order valence-electron chi connectivity index (χ0n) is 17.8. The summed E-state index contributed by atoms with van der Waals surface area (Å²) in [6.07, 6.45) is 0. The Kier molecular flexibility index (Phi) is 5.21. The molecule has 31 heavy (non-hydrogen) atoms. The van der Waals surface area contributed by atoms with Crippen molar-refractivity contribution in [2.45, 2.75) is 45.2 Å². The maximum Gasteiger partial charge on any atom is 0.325 e. The van der Waals surface area contributed by atoms with Crippen LogP contribution < -0.4 is 5.32 Å². The van der Waals surface area contributed by atoms with Gasteiger partial charge in [0, 0.05) is 4.47 Å². The highest BCUT2D eigenvalue weighted by atomic mass is 79.9. The highest BCUT2D eigenvalue weighted by molar-refractivity contribution is 9.10. The fraction of sp³-hybridized carbons (Fsp3) is 0.304. The molecule has 1 N–H and O–H groups in total. The molecule has 3 amide bonds. The third-order valence-corrected chi connectivity index (χ3v) is 6.16. The second-order valence-electron chi connectivity index (χ2n) is 8.75. The van der Waals surface area contributed by atoms with Crippen molar-refractivity contribution in [1.82, 2.24) is 20.4 Å². The van der Waals surface area contributed by atoms with E-state index in [0.717, 1.165) is 26.1 Å². The van der Waals surface area contributed by atoms with Crippen molar-refractivity contribution in [2.75, 3.05) is 0 Å². The molecule has 1 atom stereocenters. The molecule has 8 heteroatoms. The summed E-state index contributed by atoms with van der Waals surface area (Å²) < 4.78 is 6.52. The molecule has 1 aromatic heterocycles. The Balaban J connectivity index is 1.56. The van der Waals surface area contributed by atoms with E-state index in [1.165, 1.54) is 0 Å². The van der Waals surface area contributed by atoms with Crippen molar-refractivity contribution < 1.29 is 14.0 Å². The second-order valence-corrected chi connectivity index (χ2v) is 9.61. The van der Waals surface area contributed by atoms with Gasteiger partial charge in [0.25, 0.3) is 5.91 Å². The average Bonchev–Trinajstić information content (AvgIpc) is 3.27. The number of hydrogen-bond acceptors (Lipinski definition) is 5. The van der Waals surface area contributed by atoms with Crippen LogP contribution in [0.1, 0.15) is 44.7 Å². The number of amides is 3. The van der Waals surface area contributed by atoms with Gasteiger partial charge < -0.3 is 9.73 Å². The molecule has 0 unspecified atom stereocenters. The number of nitrogens with zero attached hydrogens (tertiary/aromatic N) is 3. The fourth-order valence-corrected chi connectivity index (χ4v) is 3.99. The summed E-state index contributed by atoms with van der Waals surface area (Å²) in [5.74, 6) is 0.137. The molecular weight excluding hydrogens is 460 g/mol. The molecule has 1 aliphatic heterocycles. The summed E-state index contributed by atoms with van der Waals surface area (Å²) in [4.78, 5) is 26.9. The Morgan fingerprint density at radius 2 is 1.74 bits per heavy atom. The van der Waals surface area contributed by atoms with Gasteiger partial charge in [-0.05, 0) is 51.5 Å². The van der Waals surface area contributed by atoms with Gasteiger partial charge >= 0.3 is 6.03 Å². The van der Waals surface area contributed by atoms with E-state index < -0.39 is 11.6 Å². The van der Waals surface area contributed by atoms with Crippen LogP contribution in [0.2, 0.25) is 0 Å². The van der Waals surface area contributed by atoms with Crippen molar-refractivity contribution in [3.05, 3.63) is 70.0 Å². The predicted molar refractivity (Wildman–Crippen MR) is 119 cm³/mol. The molecule has 2 aromatic carbocycles. The average molecular weight is 483 g/mol. The van der Waals surface area contributed by atoms with E-state index in [1.54, 1.807) is 6.92 Å². The number of benzene rings is 2. The number of carbonyl (C=O) groups excluding carboxylic acids is 2. The lowest BCUT2D eigenvalue weighted by Gasteiger charge is -2.24. The number of aromatic nitrogens is 2. The van der Waals surface area contributed by atoms with Gasteiger partial charge in [0.15, 0.2) is 0 Å². The van der Waals surface area contributed by atoms with Crippen molar-refractivity contribution in [3.8, 4) is 11.5 Å². The lowest BCUT2D eigenvalue weighted by atomic mass is 9.84. The predicted octanol–water partition coefficient (Wildman–Crippen LogP) is 4.76. The van der Waals surface area contributed by atoms with E-state index in [4.69, 9.17) is 4.42 Å². The summed E-state index contributed by atoms with van der Waals surface area (Å²) in [5.41, 5.74) is 1.46. The molecule has 7 nitrogen and oxygen atoms in total. The molecule has 1 saturated heterocycles. The zero-order valence-corrected chi connectivity index (χ0v) is 19.4. The number of halogens is 1. The zero-order chi connectivity index (χ0) is 22.4. The maximum absolute atomic E-state index is 13.2. The first-order valence-electron chi connectivity index (χ1n) is 9.92. The van der Waals surface area contributed by atoms with Crippen LogP contribution in [-0.2, 0) is 22.3 Å². The van der Waals surface area contributed by atoms with Gasteiger partial charge in [-0.2, -0.15) is 0 Å². The number of carbonyl (C=O) groups is 2. The Morgan fingerprint density at radius 1 is 1.06 bits per heavy atom. The van der Waals surface area contributed by atoms with Crippen LogP contribution in [0, 0.1) is 0 Å². The van der Waals surface area contributed by atoms with Crippen LogP contribution in [0.5, 0.6) is 0 Å². The molecule has 160 valence electrons. The van der Waals surface area contributed by atoms with Crippen LogP contribution in [0.15, 0.2) is 57.4 Å². The second kappa shape index (κ2) is 7.60. The quantitative estimate of drug-likeness (QED) is 0.541. The number of rotatable bonds is 4. The summed E-state index contributed by atoms with van der Waals surface area (Å²) in [6.45, 7) is 7.99. The molecule has 0 radical (unpaired) electrons. The number of nitrogens with one attached hydrogen (secondary N) is 1. The van der Waals surface area contributed by atoms with Gasteiger partial charge in [0.2, 0.25) is 11.8 Å². The minimum absolute atomic E-state index is 0.00217. The highest BCUT2D eigenvalue weighted by Crippen LogP contribution is 2.32. The van der Waals surface area contributed by atoms with Crippen LogP contribution in [-0.4, -0.2) is 27.0 Å². The third-order valence-electron chi connectivity index (χ3n) is 5.47. The number of imide groups is 1. The minimum atomic E-state index is -1.15. The van der Waals surface area contributed by atoms with Gasteiger partial charge in [-0.15, -0.1) is 10.2 Å². The summed E-state index contributed by atoms with van der Waals surface area (Å²) in [5, 5.41) is 10.9. The van der Waals surface area contributed by atoms with E-state index in [-0.39, 0.29) is 23.8 Å². The van der Waals surface area contributed by atoms with Gasteiger partial charge in [-0.1, -0.05) is 57.2 Å². The fourth-order valence-electron chi connectivity index (χ4n) is 3.54. The molecule has 3 aromatic rings. The number of urea groups is 1. The normalized spacial score (nSPS) is 19.1. The summed E-state index contributed by atoms with van der Waals surface area (Å²) in [7, 11) is 0. The Hall–Kier alpha value is -3.00. The third kappa shape index (κ3) is 3.87. The molecule has 1 aliphatic rings. The van der Waals surface area contributed by atoms with E-state index in [9.17, 15) is 9.59 Å². The Morgan fingerprint density at radius 3 is 2.39 bits per heavy atom. The Labute approximate surface area is 189 Å². The topological polar surface area (TPSA) is 88.3 Å². The van der Waals surface area contributed by atoms with E-state index >= 15 is 0 Å². The van der Waals surface area contributed by atoms with Crippen molar-refractivity contribution in [3.63, 3.8) is 0 Å². The van der Waals surface area contributed by atoms with E-state index in [1.807, 2.05) is 48.5 Å². The summed E-state index contributed by atoms with van der Waals surface area (Å²) in [6, 6.07) is 14.7. The molecule has 0 aliphatic carbocycles. The monoisotopic (exact) mass is 482 g/mol. The molecule has 1 fully saturated rings. The van der Waals surface area contributed by atoms with Gasteiger partial charge in [-0.25, -0.2) is 4.79 Å². The largest absolute Gasteiger partial charge is 0.419 e. The standard InChI is InChI=1S/C23H23BrN4O3/c1-22(2,3)14-9-11-15(12-10-14)23(4)20(29)28(21(30)25-23)13-18-26-27-19(31-18)16-7-5-6-8-17(16)24/h5-12H,13H2,1-4H3,(H,25,30)/t23-/m0/s1. The molecule has 4 rings (SSSR count). The molecular formula is C23H23BrN4O3. The van der Waals surface area contributed by atoms with Gasteiger partial charge in [0.05, 0.1) is 5.56 Å². The molecule has 0 bridgehead atoms. The van der Waals surface area contributed by atoms with E-state index in [0.29, 0.717) is 5.89 Å². The van der Waals surface area contributed by atoms with Crippen LogP contribution in [0.4, 0.5) is 4.79 Å². The lowest BCUT2D eigenvalue weighted by molar-refractivity contribution is -0.131. The molecule has 0 saturated carbocycles. The van der Waals surface area contributed by atoms with Crippen LogP contribution in [0.25, 0.3) is 11.5 Å². The van der Waals surface area contributed by atoms with Gasteiger partial charge in [0.1, 0.15) is 12.1 Å².